The smallest absolute Gasteiger partial charge is 0.316 e. The minimum atomic E-state index is -0.576. The maximum absolute atomic E-state index is 11.4. The van der Waals surface area contributed by atoms with E-state index in [1.807, 2.05) is 0 Å². The summed E-state index contributed by atoms with van der Waals surface area (Å²) in [7, 11) is 1.33. The van der Waals surface area contributed by atoms with Crippen LogP contribution in [0.4, 0.5) is 0 Å². The van der Waals surface area contributed by atoms with Crippen LogP contribution in [0.25, 0.3) is 0 Å². The van der Waals surface area contributed by atoms with Crippen molar-refractivity contribution in [2.24, 2.45) is 11.8 Å². The van der Waals surface area contributed by atoms with E-state index >= 15 is 0 Å². The van der Waals surface area contributed by atoms with Gasteiger partial charge in [0.25, 0.3) is 0 Å². The molecule has 80 valence electrons. The van der Waals surface area contributed by atoms with E-state index in [1.165, 1.54) is 14.0 Å². The molecule has 2 unspecified atom stereocenters. The van der Waals surface area contributed by atoms with Crippen molar-refractivity contribution in [1.82, 2.24) is 5.32 Å². The van der Waals surface area contributed by atoms with Crippen LogP contribution in [-0.4, -0.2) is 32.0 Å². The zero-order valence-corrected chi connectivity index (χ0v) is 8.71. The van der Waals surface area contributed by atoms with E-state index in [2.05, 4.69) is 10.1 Å². The van der Waals surface area contributed by atoms with E-state index in [0.717, 1.165) is 25.9 Å². The molecule has 2 atom stereocenters. The van der Waals surface area contributed by atoms with Crippen LogP contribution >= 0.6 is 0 Å². The molecule has 1 aliphatic rings. The summed E-state index contributed by atoms with van der Waals surface area (Å²) in [5, 5.41) is 3.19. The first kappa shape index (κ1) is 11.2. The average Bonchev–Trinajstić information content (AvgIpc) is 2.19. The molecule has 0 radical (unpaired) electrons. The van der Waals surface area contributed by atoms with Crippen molar-refractivity contribution in [3.8, 4) is 0 Å². The van der Waals surface area contributed by atoms with Gasteiger partial charge in [-0.25, -0.2) is 0 Å². The fourth-order valence-electron chi connectivity index (χ4n) is 1.98. The SMILES string of the molecule is COC(=O)C(C(C)=O)C1CCCNC1. The normalized spacial score (nSPS) is 24.0. The summed E-state index contributed by atoms with van der Waals surface area (Å²) in [6.07, 6.45) is 1.94. The predicted octanol–water partition coefficient (Wildman–Crippen LogP) is 0.364. The van der Waals surface area contributed by atoms with Gasteiger partial charge in [-0.15, -0.1) is 0 Å². The van der Waals surface area contributed by atoms with Crippen molar-refractivity contribution >= 4 is 11.8 Å². The monoisotopic (exact) mass is 199 g/mol. The van der Waals surface area contributed by atoms with Crippen LogP contribution in [0.3, 0.4) is 0 Å². The number of ether oxygens (including phenoxy) is 1. The molecule has 4 nitrogen and oxygen atoms in total. The van der Waals surface area contributed by atoms with Gasteiger partial charge in [0, 0.05) is 0 Å². The lowest BCUT2D eigenvalue weighted by molar-refractivity contribution is -0.151. The molecule has 0 saturated carbocycles. The van der Waals surface area contributed by atoms with Gasteiger partial charge in [-0.3, -0.25) is 9.59 Å². The number of hydrogen-bond donors (Lipinski definition) is 1. The quantitative estimate of drug-likeness (QED) is 0.527. The molecule has 0 aliphatic carbocycles. The topological polar surface area (TPSA) is 55.4 Å². The predicted molar refractivity (Wildman–Crippen MR) is 51.8 cm³/mol. The molecule has 0 aromatic carbocycles. The van der Waals surface area contributed by atoms with Crippen LogP contribution in [0.2, 0.25) is 0 Å². The van der Waals surface area contributed by atoms with E-state index in [0.29, 0.717) is 0 Å². The van der Waals surface area contributed by atoms with Crippen LogP contribution in [0, 0.1) is 11.8 Å². The maximum atomic E-state index is 11.4. The number of Topliss-reactive ketones (excluding diaryl/α,β-unsaturated/α-hetero) is 1. The number of rotatable bonds is 3. The second-order valence-corrected chi connectivity index (χ2v) is 3.72. The van der Waals surface area contributed by atoms with E-state index in [-0.39, 0.29) is 11.7 Å². The number of piperidine rings is 1. The highest BCUT2D eigenvalue weighted by molar-refractivity contribution is 5.98. The van der Waals surface area contributed by atoms with E-state index in [4.69, 9.17) is 0 Å². The molecule has 0 aromatic heterocycles. The fraction of sp³-hybridized carbons (Fsp3) is 0.800. The van der Waals surface area contributed by atoms with Crippen molar-refractivity contribution in [3.63, 3.8) is 0 Å². The lowest BCUT2D eigenvalue weighted by Crippen LogP contribution is -2.40. The Hall–Kier alpha value is -0.900. The van der Waals surface area contributed by atoms with Crippen molar-refractivity contribution in [3.05, 3.63) is 0 Å². The second-order valence-electron chi connectivity index (χ2n) is 3.72. The molecule has 0 spiro atoms. The number of hydrogen-bond acceptors (Lipinski definition) is 4. The summed E-state index contributed by atoms with van der Waals surface area (Å²) in [4.78, 5) is 22.7. The van der Waals surface area contributed by atoms with Crippen LogP contribution in [0.1, 0.15) is 19.8 Å². The Morgan fingerprint density at radius 2 is 2.21 bits per heavy atom. The first-order valence-corrected chi connectivity index (χ1v) is 4.95. The minimum Gasteiger partial charge on any atom is -0.468 e. The number of carbonyl (C=O) groups excluding carboxylic acids is 2. The summed E-state index contributed by atoms with van der Waals surface area (Å²) in [5.41, 5.74) is 0. The number of nitrogens with one attached hydrogen (secondary N) is 1. The van der Waals surface area contributed by atoms with Crippen molar-refractivity contribution in [1.29, 1.82) is 0 Å². The average molecular weight is 199 g/mol. The molecule has 1 heterocycles. The number of esters is 1. The Labute approximate surface area is 84.0 Å². The number of ketones is 1. The highest BCUT2D eigenvalue weighted by Crippen LogP contribution is 2.22. The third-order valence-corrected chi connectivity index (χ3v) is 2.70. The summed E-state index contributed by atoms with van der Waals surface area (Å²) < 4.78 is 4.64. The lowest BCUT2D eigenvalue weighted by Gasteiger charge is -2.27. The number of carbonyl (C=O) groups is 2. The van der Waals surface area contributed by atoms with E-state index in [1.54, 1.807) is 0 Å². The van der Waals surface area contributed by atoms with Crippen molar-refractivity contribution in [2.45, 2.75) is 19.8 Å². The second kappa shape index (κ2) is 5.10. The van der Waals surface area contributed by atoms with Crippen LogP contribution in [0.15, 0.2) is 0 Å². The summed E-state index contributed by atoms with van der Waals surface area (Å²) in [5.74, 6) is -0.960. The van der Waals surface area contributed by atoms with Gasteiger partial charge in [0.1, 0.15) is 11.7 Å². The molecular weight excluding hydrogens is 182 g/mol. The van der Waals surface area contributed by atoms with Crippen LogP contribution in [0.5, 0.6) is 0 Å². The largest absolute Gasteiger partial charge is 0.468 e. The zero-order valence-electron chi connectivity index (χ0n) is 8.71. The Bertz CT molecular complexity index is 221. The van der Waals surface area contributed by atoms with Crippen molar-refractivity contribution in [2.75, 3.05) is 20.2 Å². The molecule has 0 bridgehead atoms. The van der Waals surface area contributed by atoms with Gasteiger partial charge in [-0.2, -0.15) is 0 Å². The van der Waals surface area contributed by atoms with Gasteiger partial charge in [0.05, 0.1) is 7.11 Å². The molecular formula is C10H17NO3. The highest BCUT2D eigenvalue weighted by Gasteiger charge is 2.33. The molecule has 0 amide bonds. The van der Waals surface area contributed by atoms with Crippen LogP contribution in [-0.2, 0) is 14.3 Å². The van der Waals surface area contributed by atoms with Crippen LogP contribution < -0.4 is 5.32 Å². The highest BCUT2D eigenvalue weighted by atomic mass is 16.5. The standard InChI is InChI=1S/C10H17NO3/c1-7(12)9(10(13)14-2)8-4-3-5-11-6-8/h8-9,11H,3-6H2,1-2H3. The van der Waals surface area contributed by atoms with E-state index in [9.17, 15) is 9.59 Å². The van der Waals surface area contributed by atoms with E-state index < -0.39 is 11.9 Å². The van der Waals surface area contributed by atoms with Crippen molar-refractivity contribution < 1.29 is 14.3 Å². The Morgan fingerprint density at radius 1 is 1.50 bits per heavy atom. The zero-order chi connectivity index (χ0) is 10.6. The molecule has 4 heteroatoms. The van der Waals surface area contributed by atoms with Gasteiger partial charge in [0.2, 0.25) is 0 Å². The van der Waals surface area contributed by atoms with Gasteiger partial charge < -0.3 is 10.1 Å². The third-order valence-electron chi connectivity index (χ3n) is 2.70. The minimum absolute atomic E-state index is 0.0921. The van der Waals surface area contributed by atoms with Gasteiger partial charge in [-0.05, 0) is 38.8 Å². The summed E-state index contributed by atoms with van der Waals surface area (Å²) in [6.45, 7) is 3.16. The molecule has 0 aromatic rings. The Balaban J connectivity index is 2.65. The first-order chi connectivity index (χ1) is 6.66. The number of methoxy groups -OCH3 is 1. The molecule has 1 rings (SSSR count). The van der Waals surface area contributed by atoms with Gasteiger partial charge in [0.15, 0.2) is 0 Å². The Kier molecular flexibility index (Phi) is 4.07. The first-order valence-electron chi connectivity index (χ1n) is 4.95. The summed E-state index contributed by atoms with van der Waals surface area (Å²) in [6, 6.07) is 0. The summed E-state index contributed by atoms with van der Waals surface area (Å²) >= 11 is 0. The molecule has 1 N–H and O–H groups in total. The van der Waals surface area contributed by atoms with Gasteiger partial charge >= 0.3 is 5.97 Å². The third kappa shape index (κ3) is 2.54. The lowest BCUT2D eigenvalue weighted by atomic mass is 9.84. The fourth-order valence-corrected chi connectivity index (χ4v) is 1.98. The van der Waals surface area contributed by atoms with Gasteiger partial charge in [-0.1, -0.05) is 0 Å². The molecule has 1 aliphatic heterocycles. The Morgan fingerprint density at radius 3 is 2.64 bits per heavy atom. The molecule has 1 fully saturated rings. The molecule has 14 heavy (non-hydrogen) atoms. The molecule has 1 saturated heterocycles. The maximum Gasteiger partial charge on any atom is 0.316 e.